The average molecular weight is 382 g/mol. The molecule has 0 aromatic rings. The van der Waals surface area contributed by atoms with Crippen LogP contribution in [0.1, 0.15) is 20.8 Å². The Balaban J connectivity index is 4.45. The third kappa shape index (κ3) is 10.3. The lowest BCUT2D eigenvalue weighted by Gasteiger charge is -2.19. The quantitative estimate of drug-likeness (QED) is 0.195. The van der Waals surface area contributed by atoms with Crippen LogP contribution in [0.25, 0.3) is 0 Å². The van der Waals surface area contributed by atoms with E-state index < -0.39 is 42.1 Å². The van der Waals surface area contributed by atoms with Crippen molar-refractivity contribution < 1.29 is 33.8 Å². The Bertz CT molecular complexity index is 462. The van der Waals surface area contributed by atoms with Gasteiger partial charge in [-0.1, -0.05) is 21.6 Å². The molecule has 0 saturated carbocycles. The van der Waals surface area contributed by atoms with Crippen molar-refractivity contribution in [3.63, 3.8) is 0 Å². The summed E-state index contributed by atoms with van der Waals surface area (Å²) in [4.78, 5) is 45.0. The van der Waals surface area contributed by atoms with E-state index in [4.69, 9.17) is 14.6 Å². The number of esters is 1. The topological polar surface area (TPSA) is 131 Å². The number of rotatable bonds is 11. The van der Waals surface area contributed by atoms with E-state index in [-0.39, 0.29) is 11.5 Å². The van der Waals surface area contributed by atoms with Crippen LogP contribution >= 0.6 is 21.6 Å². The number of nitrogens with one attached hydrogen (secondary N) is 2. The van der Waals surface area contributed by atoms with Gasteiger partial charge < -0.3 is 25.2 Å². The predicted octanol–water partition coefficient (Wildman–Crippen LogP) is -0.00260. The Morgan fingerprint density at radius 3 is 1.88 bits per heavy atom. The molecular weight excluding hydrogens is 360 g/mol. The maximum atomic E-state index is 11.9. The summed E-state index contributed by atoms with van der Waals surface area (Å²) in [6, 6.07) is -1.92. The van der Waals surface area contributed by atoms with Crippen LogP contribution in [0.2, 0.25) is 0 Å². The summed E-state index contributed by atoms with van der Waals surface area (Å²) < 4.78 is 9.81. The van der Waals surface area contributed by atoms with E-state index in [9.17, 15) is 19.2 Å². The molecule has 0 radical (unpaired) electrons. The molecule has 24 heavy (non-hydrogen) atoms. The summed E-state index contributed by atoms with van der Waals surface area (Å²) in [7, 11) is 3.72. The number of carboxylic acids is 1. The SMILES string of the molecule is COC(C)OC(=O)C(CSSCC(NC(C)=O)C(=O)O)NC(C)=O. The van der Waals surface area contributed by atoms with E-state index in [1.807, 2.05) is 0 Å². The van der Waals surface area contributed by atoms with Crippen molar-refractivity contribution in [1.29, 1.82) is 0 Å². The highest BCUT2D eigenvalue weighted by molar-refractivity contribution is 8.76. The molecule has 0 aliphatic rings. The van der Waals surface area contributed by atoms with Gasteiger partial charge in [-0.25, -0.2) is 9.59 Å². The van der Waals surface area contributed by atoms with Gasteiger partial charge in [-0.05, 0) is 6.92 Å². The van der Waals surface area contributed by atoms with E-state index in [1.165, 1.54) is 38.7 Å². The van der Waals surface area contributed by atoms with Crippen LogP contribution < -0.4 is 10.6 Å². The van der Waals surface area contributed by atoms with Crippen LogP contribution in [0.4, 0.5) is 0 Å². The smallest absolute Gasteiger partial charge is 0.331 e. The van der Waals surface area contributed by atoms with Crippen molar-refractivity contribution in [2.45, 2.75) is 39.1 Å². The summed E-state index contributed by atoms with van der Waals surface area (Å²) in [5.41, 5.74) is 0. The monoisotopic (exact) mass is 382 g/mol. The van der Waals surface area contributed by atoms with E-state index >= 15 is 0 Å². The first kappa shape index (κ1) is 22.5. The first-order valence-electron chi connectivity index (χ1n) is 6.92. The number of ether oxygens (including phenoxy) is 2. The van der Waals surface area contributed by atoms with E-state index in [0.717, 1.165) is 10.8 Å². The van der Waals surface area contributed by atoms with Gasteiger partial charge in [0.15, 0.2) is 6.29 Å². The van der Waals surface area contributed by atoms with Crippen LogP contribution in [-0.4, -0.2) is 65.8 Å². The van der Waals surface area contributed by atoms with Crippen molar-refractivity contribution in [3.8, 4) is 0 Å². The summed E-state index contributed by atoms with van der Waals surface area (Å²) in [6.07, 6.45) is -0.748. The number of carbonyl (C=O) groups is 4. The molecule has 0 bridgehead atoms. The molecule has 3 unspecified atom stereocenters. The van der Waals surface area contributed by atoms with Gasteiger partial charge in [-0.3, -0.25) is 9.59 Å². The fourth-order valence-corrected chi connectivity index (χ4v) is 3.66. The van der Waals surface area contributed by atoms with Gasteiger partial charge in [0.2, 0.25) is 11.8 Å². The molecular formula is C13H22N2O7S2. The van der Waals surface area contributed by atoms with Crippen LogP contribution in [0.15, 0.2) is 0 Å². The maximum absolute atomic E-state index is 11.9. The molecule has 3 atom stereocenters. The molecule has 0 spiro atoms. The first-order valence-corrected chi connectivity index (χ1v) is 9.40. The average Bonchev–Trinajstić information content (AvgIpc) is 2.47. The molecule has 0 saturated heterocycles. The maximum Gasteiger partial charge on any atom is 0.331 e. The summed E-state index contributed by atoms with van der Waals surface area (Å²) in [5, 5.41) is 13.8. The summed E-state index contributed by atoms with van der Waals surface area (Å²) in [6.45, 7) is 4.04. The lowest BCUT2D eigenvalue weighted by Crippen LogP contribution is -2.44. The molecule has 0 rings (SSSR count). The minimum absolute atomic E-state index is 0.107. The molecule has 0 aliphatic carbocycles. The molecule has 0 aromatic heterocycles. The van der Waals surface area contributed by atoms with Crippen LogP contribution in [0.5, 0.6) is 0 Å². The normalized spacial score (nSPS) is 14.2. The largest absolute Gasteiger partial charge is 0.480 e. The fraction of sp³-hybridized carbons (Fsp3) is 0.692. The lowest BCUT2D eigenvalue weighted by atomic mass is 10.3. The Morgan fingerprint density at radius 1 is 1.00 bits per heavy atom. The zero-order valence-electron chi connectivity index (χ0n) is 13.9. The highest BCUT2D eigenvalue weighted by Gasteiger charge is 2.24. The zero-order valence-corrected chi connectivity index (χ0v) is 15.5. The van der Waals surface area contributed by atoms with E-state index in [2.05, 4.69) is 10.6 Å². The minimum atomic E-state index is -1.15. The Hall–Kier alpha value is -1.46. The van der Waals surface area contributed by atoms with Crippen LogP contribution in [0.3, 0.4) is 0 Å². The van der Waals surface area contributed by atoms with E-state index in [1.54, 1.807) is 0 Å². The van der Waals surface area contributed by atoms with Crippen molar-refractivity contribution in [2.75, 3.05) is 18.6 Å². The number of amides is 2. The number of carboxylic acid groups (broad SMARTS) is 1. The number of hydrogen-bond acceptors (Lipinski definition) is 8. The highest BCUT2D eigenvalue weighted by Crippen LogP contribution is 2.23. The number of aliphatic carboxylic acids is 1. The van der Waals surface area contributed by atoms with Gasteiger partial charge in [-0.2, -0.15) is 0 Å². The Labute approximate surface area is 148 Å². The molecule has 2 amide bonds. The van der Waals surface area contributed by atoms with Gasteiger partial charge in [-0.15, -0.1) is 0 Å². The molecule has 0 aromatic carbocycles. The van der Waals surface area contributed by atoms with Crippen molar-refractivity contribution in [2.24, 2.45) is 0 Å². The number of carbonyl (C=O) groups excluding carboxylic acids is 3. The van der Waals surface area contributed by atoms with Gasteiger partial charge in [0.25, 0.3) is 0 Å². The van der Waals surface area contributed by atoms with Gasteiger partial charge in [0.05, 0.1) is 0 Å². The second kappa shape index (κ2) is 12.0. The van der Waals surface area contributed by atoms with Gasteiger partial charge >= 0.3 is 11.9 Å². The summed E-state index contributed by atoms with van der Waals surface area (Å²) >= 11 is 0. The minimum Gasteiger partial charge on any atom is -0.480 e. The van der Waals surface area contributed by atoms with Crippen LogP contribution in [0, 0.1) is 0 Å². The second-order valence-corrected chi connectivity index (χ2v) is 7.21. The van der Waals surface area contributed by atoms with Gasteiger partial charge in [0.1, 0.15) is 12.1 Å². The van der Waals surface area contributed by atoms with E-state index in [0.29, 0.717) is 0 Å². The third-order valence-electron chi connectivity index (χ3n) is 2.50. The second-order valence-electron chi connectivity index (χ2n) is 4.65. The fourth-order valence-electron chi connectivity index (χ4n) is 1.36. The molecule has 3 N–H and O–H groups in total. The standard InChI is InChI=1S/C13H22N2O7S2/c1-7(16)14-10(12(18)19)5-23-24-6-11(15-8(2)17)13(20)22-9(3)21-4/h9-11H,5-6H2,1-4H3,(H,14,16)(H,15,17)(H,18,19). The van der Waals surface area contributed by atoms with Crippen molar-refractivity contribution in [3.05, 3.63) is 0 Å². The predicted molar refractivity (Wildman–Crippen MR) is 90.3 cm³/mol. The Morgan fingerprint density at radius 2 is 1.46 bits per heavy atom. The Kier molecular flexibility index (Phi) is 11.3. The molecule has 138 valence electrons. The molecule has 0 aliphatic heterocycles. The molecule has 9 nitrogen and oxygen atoms in total. The van der Waals surface area contributed by atoms with Crippen molar-refractivity contribution in [1.82, 2.24) is 10.6 Å². The van der Waals surface area contributed by atoms with Gasteiger partial charge in [0, 0.05) is 32.5 Å². The van der Waals surface area contributed by atoms with Crippen molar-refractivity contribution >= 4 is 45.3 Å². The zero-order chi connectivity index (χ0) is 18.7. The number of methoxy groups -OCH3 is 1. The molecule has 0 fully saturated rings. The molecule has 11 heteroatoms. The lowest BCUT2D eigenvalue weighted by molar-refractivity contribution is -0.172. The highest BCUT2D eigenvalue weighted by atomic mass is 33.1. The number of hydrogen-bond donors (Lipinski definition) is 3. The van der Waals surface area contributed by atoms with Crippen LogP contribution in [-0.2, 0) is 28.7 Å². The molecule has 0 heterocycles. The summed E-state index contributed by atoms with van der Waals surface area (Å²) in [5.74, 6) is -2.35. The first-order chi connectivity index (χ1) is 11.2. The third-order valence-corrected chi connectivity index (χ3v) is 4.93.